The summed E-state index contributed by atoms with van der Waals surface area (Å²) in [5, 5.41) is 7.04. The smallest absolute Gasteiger partial charge is 0.266 e. The largest absolute Gasteiger partial charge is 0.497 e. The van der Waals surface area contributed by atoms with Crippen molar-refractivity contribution >= 4 is 21.6 Å². The molecule has 9 nitrogen and oxygen atoms in total. The molecular weight excluding hydrogens is 444 g/mol. The van der Waals surface area contributed by atoms with Crippen molar-refractivity contribution in [2.45, 2.75) is 31.2 Å². The minimum absolute atomic E-state index is 0.0176. The predicted molar refractivity (Wildman–Crippen MR) is 126 cm³/mol. The lowest BCUT2D eigenvalue weighted by Crippen LogP contribution is -2.32. The van der Waals surface area contributed by atoms with E-state index in [0.29, 0.717) is 23.6 Å². The molecule has 0 aliphatic rings. The molecule has 0 fully saturated rings. The van der Waals surface area contributed by atoms with Gasteiger partial charge in [-0.3, -0.25) is 9.59 Å². The van der Waals surface area contributed by atoms with Gasteiger partial charge in [0.15, 0.2) is 0 Å². The molecule has 3 rings (SSSR count). The van der Waals surface area contributed by atoms with Crippen molar-refractivity contribution in [3.8, 4) is 17.0 Å². The highest BCUT2D eigenvalue weighted by atomic mass is 32.2. The summed E-state index contributed by atoms with van der Waals surface area (Å²) in [5.74, 6) is 0.582. The van der Waals surface area contributed by atoms with Crippen LogP contribution in [0.4, 0.5) is 5.69 Å². The standard InChI is InChI=1S/C23H26N4O5S/c1-3-4-22(28)25-18-7-11-20(12-8-18)33(30,31)24-15-16-27-23(29)14-13-21(26-27)17-5-9-19(32-2)10-6-17/h5-14,24H,3-4,15-16H2,1-2H3,(H,25,28). The first-order valence-corrected chi connectivity index (χ1v) is 11.9. The number of rotatable bonds is 10. The van der Waals surface area contributed by atoms with Gasteiger partial charge in [0, 0.05) is 30.3 Å². The molecule has 10 heteroatoms. The lowest BCUT2D eigenvalue weighted by Gasteiger charge is -2.10. The Hall–Kier alpha value is -3.50. The fourth-order valence-corrected chi connectivity index (χ4v) is 4.08. The van der Waals surface area contributed by atoms with Gasteiger partial charge in [-0.1, -0.05) is 6.92 Å². The Labute approximate surface area is 192 Å². The van der Waals surface area contributed by atoms with Crippen molar-refractivity contribution in [1.29, 1.82) is 0 Å². The van der Waals surface area contributed by atoms with Crippen molar-refractivity contribution in [2.75, 3.05) is 19.0 Å². The Morgan fingerprint density at radius 1 is 1.03 bits per heavy atom. The Kier molecular flexibility index (Phi) is 7.96. The second-order valence-electron chi connectivity index (χ2n) is 7.23. The van der Waals surface area contributed by atoms with Crippen LogP contribution in [0, 0.1) is 0 Å². The van der Waals surface area contributed by atoms with E-state index in [0.717, 1.165) is 12.0 Å². The molecule has 0 saturated heterocycles. The Morgan fingerprint density at radius 2 is 1.73 bits per heavy atom. The zero-order valence-electron chi connectivity index (χ0n) is 18.4. The highest BCUT2D eigenvalue weighted by Gasteiger charge is 2.14. The van der Waals surface area contributed by atoms with Crippen LogP contribution in [0.2, 0.25) is 0 Å². The third kappa shape index (κ3) is 6.50. The number of nitrogens with one attached hydrogen (secondary N) is 2. The van der Waals surface area contributed by atoms with Crippen molar-refractivity contribution < 1.29 is 17.9 Å². The first-order valence-electron chi connectivity index (χ1n) is 10.4. The number of nitrogens with zero attached hydrogens (tertiary/aromatic N) is 2. The molecule has 0 aliphatic heterocycles. The van der Waals surface area contributed by atoms with Crippen molar-refractivity contribution in [3.05, 3.63) is 71.0 Å². The van der Waals surface area contributed by atoms with Crippen molar-refractivity contribution in [2.24, 2.45) is 0 Å². The van der Waals surface area contributed by atoms with Crippen LogP contribution < -0.4 is 20.3 Å². The number of carbonyl (C=O) groups is 1. The number of amides is 1. The normalized spacial score (nSPS) is 11.2. The van der Waals surface area contributed by atoms with Gasteiger partial charge in [0.2, 0.25) is 15.9 Å². The lowest BCUT2D eigenvalue weighted by molar-refractivity contribution is -0.116. The molecule has 33 heavy (non-hydrogen) atoms. The second-order valence-corrected chi connectivity index (χ2v) is 9.00. The third-order valence-corrected chi connectivity index (χ3v) is 6.27. The van der Waals surface area contributed by atoms with Gasteiger partial charge in [0.25, 0.3) is 5.56 Å². The van der Waals surface area contributed by atoms with Gasteiger partial charge in [0.05, 0.1) is 24.2 Å². The van der Waals surface area contributed by atoms with Crippen LogP contribution in [0.3, 0.4) is 0 Å². The summed E-state index contributed by atoms with van der Waals surface area (Å²) in [7, 11) is -2.21. The van der Waals surface area contributed by atoms with E-state index in [1.165, 1.54) is 35.0 Å². The van der Waals surface area contributed by atoms with Crippen molar-refractivity contribution in [3.63, 3.8) is 0 Å². The molecule has 0 spiro atoms. The molecule has 1 amide bonds. The fraction of sp³-hybridized carbons (Fsp3) is 0.261. The van der Waals surface area contributed by atoms with Gasteiger partial charge >= 0.3 is 0 Å². The van der Waals surface area contributed by atoms with Gasteiger partial charge in [-0.25, -0.2) is 17.8 Å². The molecule has 1 aromatic heterocycles. The summed E-state index contributed by atoms with van der Waals surface area (Å²) in [4.78, 5) is 23.9. The molecule has 0 atom stereocenters. The third-order valence-electron chi connectivity index (χ3n) is 4.79. The van der Waals surface area contributed by atoms with Crippen LogP contribution in [-0.2, 0) is 21.4 Å². The number of hydrogen-bond acceptors (Lipinski definition) is 6. The number of benzene rings is 2. The SMILES string of the molecule is CCCC(=O)Nc1ccc(S(=O)(=O)NCCn2nc(-c3ccc(OC)cc3)ccc2=O)cc1. The molecule has 0 unspecified atom stereocenters. The summed E-state index contributed by atoms with van der Waals surface area (Å²) in [6, 6.07) is 16.1. The van der Waals surface area contributed by atoms with Gasteiger partial charge in [-0.15, -0.1) is 0 Å². The monoisotopic (exact) mass is 470 g/mol. The topological polar surface area (TPSA) is 119 Å². The maximum Gasteiger partial charge on any atom is 0.266 e. The van der Waals surface area contributed by atoms with Crippen molar-refractivity contribution in [1.82, 2.24) is 14.5 Å². The minimum Gasteiger partial charge on any atom is -0.497 e. The van der Waals surface area contributed by atoms with E-state index in [-0.39, 0.29) is 29.5 Å². The number of hydrogen-bond donors (Lipinski definition) is 2. The Morgan fingerprint density at radius 3 is 2.36 bits per heavy atom. The summed E-state index contributed by atoms with van der Waals surface area (Å²) in [6.07, 6.45) is 1.12. The average molecular weight is 471 g/mol. The molecule has 2 N–H and O–H groups in total. The lowest BCUT2D eigenvalue weighted by atomic mass is 10.1. The first kappa shape index (κ1) is 24.1. The molecule has 174 valence electrons. The highest BCUT2D eigenvalue weighted by molar-refractivity contribution is 7.89. The van der Waals surface area contributed by atoms with E-state index in [9.17, 15) is 18.0 Å². The molecule has 0 saturated carbocycles. The van der Waals surface area contributed by atoms with Gasteiger partial charge < -0.3 is 10.1 Å². The summed E-state index contributed by atoms with van der Waals surface area (Å²) >= 11 is 0. The number of ether oxygens (including phenoxy) is 1. The van der Waals surface area contributed by atoms with E-state index in [2.05, 4.69) is 15.1 Å². The van der Waals surface area contributed by atoms with Crippen LogP contribution in [0.25, 0.3) is 11.3 Å². The number of carbonyl (C=O) groups excluding carboxylic acids is 1. The average Bonchev–Trinajstić information content (AvgIpc) is 2.81. The van der Waals surface area contributed by atoms with E-state index in [1.54, 1.807) is 25.3 Å². The zero-order valence-corrected chi connectivity index (χ0v) is 19.3. The van der Waals surface area contributed by atoms with Gasteiger partial charge in [-0.2, -0.15) is 5.10 Å². The Balaban J connectivity index is 1.64. The van der Waals surface area contributed by atoms with Crippen LogP contribution in [0.5, 0.6) is 5.75 Å². The molecule has 2 aromatic carbocycles. The van der Waals surface area contributed by atoms with Crippen LogP contribution in [0.15, 0.2) is 70.4 Å². The van der Waals surface area contributed by atoms with E-state index < -0.39 is 10.0 Å². The maximum absolute atomic E-state index is 12.6. The number of methoxy groups -OCH3 is 1. The van der Waals surface area contributed by atoms with E-state index in [4.69, 9.17) is 4.74 Å². The zero-order chi connectivity index (χ0) is 23.8. The second kappa shape index (κ2) is 10.9. The number of aromatic nitrogens is 2. The highest BCUT2D eigenvalue weighted by Crippen LogP contribution is 2.19. The Bertz CT molecular complexity index is 1250. The predicted octanol–water partition coefficient (Wildman–Crippen LogP) is 2.64. The molecule has 1 heterocycles. The van der Waals surface area contributed by atoms with Gasteiger partial charge in [0.1, 0.15) is 5.75 Å². The van der Waals surface area contributed by atoms with E-state index >= 15 is 0 Å². The summed E-state index contributed by atoms with van der Waals surface area (Å²) < 4.78 is 34.0. The first-order chi connectivity index (χ1) is 15.8. The van der Waals surface area contributed by atoms with Crippen LogP contribution in [0.1, 0.15) is 19.8 Å². The molecule has 0 aliphatic carbocycles. The van der Waals surface area contributed by atoms with Gasteiger partial charge in [-0.05, 0) is 61.0 Å². The van der Waals surface area contributed by atoms with Crippen LogP contribution in [-0.4, -0.2) is 37.8 Å². The molecule has 0 bridgehead atoms. The summed E-state index contributed by atoms with van der Waals surface area (Å²) in [5.41, 5.74) is 1.58. The maximum atomic E-state index is 12.6. The quantitative estimate of drug-likeness (QED) is 0.470. The fourth-order valence-electron chi connectivity index (χ4n) is 3.06. The molecular formula is C23H26N4O5S. The van der Waals surface area contributed by atoms with Crippen LogP contribution >= 0.6 is 0 Å². The summed E-state index contributed by atoms with van der Waals surface area (Å²) in [6.45, 7) is 1.95. The number of anilines is 1. The van der Waals surface area contributed by atoms with E-state index in [1.807, 2.05) is 19.1 Å². The molecule has 0 radical (unpaired) electrons. The molecule has 3 aromatic rings. The number of sulfonamides is 1. The minimum atomic E-state index is -3.79.